The minimum Gasteiger partial charge on any atom is -0.478 e. The number of hydrogen-bond acceptors (Lipinski definition) is 3. The Morgan fingerprint density at radius 3 is 2.78 bits per heavy atom. The van der Waals surface area contributed by atoms with Gasteiger partial charge in [-0.15, -0.1) is 11.3 Å². The zero-order chi connectivity index (χ0) is 12.5. The molecule has 0 radical (unpaired) electrons. The second-order valence-electron chi connectivity index (χ2n) is 3.84. The zero-order valence-corrected chi connectivity index (χ0v) is 10.1. The van der Waals surface area contributed by atoms with Crippen LogP contribution in [0.1, 0.15) is 10.4 Å². The van der Waals surface area contributed by atoms with Crippen molar-refractivity contribution in [1.29, 1.82) is 0 Å². The third-order valence-electron chi connectivity index (χ3n) is 2.79. The van der Waals surface area contributed by atoms with Gasteiger partial charge in [0, 0.05) is 11.8 Å². The summed E-state index contributed by atoms with van der Waals surface area (Å²) < 4.78 is 1.02. The van der Waals surface area contributed by atoms with Gasteiger partial charge < -0.3 is 5.11 Å². The van der Waals surface area contributed by atoms with Gasteiger partial charge >= 0.3 is 5.97 Å². The molecule has 0 spiro atoms. The number of carboxylic acid groups (broad SMARTS) is 1. The van der Waals surface area contributed by atoms with E-state index in [9.17, 15) is 9.90 Å². The highest BCUT2D eigenvalue weighted by atomic mass is 32.1. The highest BCUT2D eigenvalue weighted by Crippen LogP contribution is 2.33. The zero-order valence-electron chi connectivity index (χ0n) is 9.33. The van der Waals surface area contributed by atoms with E-state index in [1.165, 1.54) is 0 Å². The van der Waals surface area contributed by atoms with Crippen molar-refractivity contribution in [3.63, 3.8) is 0 Å². The molecule has 0 saturated carbocycles. The molecule has 0 saturated heterocycles. The highest BCUT2D eigenvalue weighted by molar-refractivity contribution is 7.17. The molecule has 1 N–H and O–H groups in total. The third-order valence-corrected chi connectivity index (χ3v) is 3.73. The highest BCUT2D eigenvalue weighted by Gasteiger charge is 2.13. The lowest BCUT2D eigenvalue weighted by molar-refractivity contribution is 0.0698. The molecule has 0 bridgehead atoms. The molecule has 2 aromatic heterocycles. The topological polar surface area (TPSA) is 50.2 Å². The Kier molecular flexibility index (Phi) is 2.57. The molecule has 0 aliphatic rings. The Labute approximate surface area is 107 Å². The van der Waals surface area contributed by atoms with Crippen LogP contribution in [0.3, 0.4) is 0 Å². The number of benzene rings is 1. The molecule has 3 rings (SSSR count). The molecule has 1 aromatic carbocycles. The van der Waals surface area contributed by atoms with E-state index in [2.05, 4.69) is 4.98 Å². The number of aromatic nitrogens is 1. The first-order valence-electron chi connectivity index (χ1n) is 5.42. The Bertz CT molecular complexity index is 733. The number of nitrogens with zero attached hydrogens (tertiary/aromatic N) is 1. The van der Waals surface area contributed by atoms with Crippen LogP contribution in [0.25, 0.3) is 21.3 Å². The SMILES string of the molecule is O=C(O)c1ccccc1-c1ccnc2ccsc12. The molecule has 3 aromatic rings. The summed E-state index contributed by atoms with van der Waals surface area (Å²) in [5.74, 6) is -0.910. The molecule has 88 valence electrons. The van der Waals surface area contributed by atoms with Gasteiger partial charge in [-0.1, -0.05) is 18.2 Å². The van der Waals surface area contributed by atoms with E-state index in [0.29, 0.717) is 5.56 Å². The van der Waals surface area contributed by atoms with Gasteiger partial charge in [0.05, 0.1) is 15.8 Å². The smallest absolute Gasteiger partial charge is 0.336 e. The van der Waals surface area contributed by atoms with Gasteiger partial charge in [-0.25, -0.2) is 4.79 Å². The van der Waals surface area contributed by atoms with E-state index in [1.54, 1.807) is 29.7 Å². The number of thiophene rings is 1. The molecule has 2 heterocycles. The molecule has 0 aliphatic heterocycles. The summed E-state index contributed by atoms with van der Waals surface area (Å²) in [5.41, 5.74) is 2.88. The van der Waals surface area contributed by atoms with Crippen LogP contribution in [0, 0.1) is 0 Å². The lowest BCUT2D eigenvalue weighted by atomic mass is 10.0. The molecular weight excluding hydrogens is 246 g/mol. The second-order valence-corrected chi connectivity index (χ2v) is 4.76. The summed E-state index contributed by atoms with van der Waals surface area (Å²) in [6.07, 6.45) is 1.71. The Morgan fingerprint density at radius 1 is 1.11 bits per heavy atom. The van der Waals surface area contributed by atoms with Gasteiger partial charge in [0.25, 0.3) is 0 Å². The Hall–Kier alpha value is -2.20. The van der Waals surface area contributed by atoms with E-state index < -0.39 is 5.97 Å². The van der Waals surface area contributed by atoms with Crippen molar-refractivity contribution in [2.75, 3.05) is 0 Å². The lowest BCUT2D eigenvalue weighted by Gasteiger charge is -2.06. The van der Waals surface area contributed by atoms with E-state index >= 15 is 0 Å². The Balaban J connectivity index is 2.33. The van der Waals surface area contributed by atoms with Crippen LogP contribution >= 0.6 is 11.3 Å². The molecule has 0 atom stereocenters. The van der Waals surface area contributed by atoms with Gasteiger partial charge in [0.2, 0.25) is 0 Å². The van der Waals surface area contributed by atoms with E-state index in [0.717, 1.165) is 21.3 Å². The molecule has 0 fully saturated rings. The second kappa shape index (κ2) is 4.23. The molecule has 0 amide bonds. The van der Waals surface area contributed by atoms with Crippen molar-refractivity contribution in [3.05, 3.63) is 53.5 Å². The predicted octanol–water partition coefficient (Wildman–Crippen LogP) is 3.66. The van der Waals surface area contributed by atoms with Crippen LogP contribution < -0.4 is 0 Å². The fourth-order valence-electron chi connectivity index (χ4n) is 1.99. The van der Waals surface area contributed by atoms with E-state index in [-0.39, 0.29) is 0 Å². The third kappa shape index (κ3) is 1.67. The average Bonchev–Trinajstić information content (AvgIpc) is 2.86. The van der Waals surface area contributed by atoms with Crippen molar-refractivity contribution in [1.82, 2.24) is 4.98 Å². The van der Waals surface area contributed by atoms with Gasteiger partial charge in [0.15, 0.2) is 0 Å². The standard InChI is InChI=1S/C14H9NO2S/c16-14(17)11-4-2-1-3-9(11)10-5-7-15-12-6-8-18-13(10)12/h1-8H,(H,16,17). The van der Waals surface area contributed by atoms with Gasteiger partial charge in [-0.2, -0.15) is 0 Å². The van der Waals surface area contributed by atoms with E-state index in [4.69, 9.17) is 0 Å². The van der Waals surface area contributed by atoms with Crippen LogP contribution in [-0.2, 0) is 0 Å². The van der Waals surface area contributed by atoms with Crippen LogP contribution in [0.4, 0.5) is 0 Å². The molecule has 0 aliphatic carbocycles. The van der Waals surface area contributed by atoms with Crippen molar-refractivity contribution < 1.29 is 9.90 Å². The van der Waals surface area contributed by atoms with Crippen LogP contribution in [0.5, 0.6) is 0 Å². The number of hydrogen-bond donors (Lipinski definition) is 1. The minimum absolute atomic E-state index is 0.318. The average molecular weight is 255 g/mol. The van der Waals surface area contributed by atoms with Gasteiger partial charge in [0.1, 0.15) is 0 Å². The van der Waals surface area contributed by atoms with Crippen molar-refractivity contribution >= 4 is 27.5 Å². The van der Waals surface area contributed by atoms with Gasteiger partial charge in [-0.3, -0.25) is 4.98 Å². The number of carbonyl (C=O) groups is 1. The van der Waals surface area contributed by atoms with Crippen molar-refractivity contribution in [3.8, 4) is 11.1 Å². The van der Waals surface area contributed by atoms with Crippen LogP contribution in [-0.4, -0.2) is 16.1 Å². The molecule has 3 nitrogen and oxygen atoms in total. The van der Waals surface area contributed by atoms with Gasteiger partial charge in [-0.05, 0) is 29.1 Å². The summed E-state index contributed by atoms with van der Waals surface area (Å²) in [6.45, 7) is 0. The number of aromatic carboxylic acids is 1. The normalized spacial score (nSPS) is 10.7. The number of pyridine rings is 1. The van der Waals surface area contributed by atoms with Crippen molar-refractivity contribution in [2.24, 2.45) is 0 Å². The van der Waals surface area contributed by atoms with Crippen molar-refractivity contribution in [2.45, 2.75) is 0 Å². The number of rotatable bonds is 2. The first-order valence-corrected chi connectivity index (χ1v) is 6.30. The minimum atomic E-state index is -0.910. The first-order chi connectivity index (χ1) is 8.77. The summed E-state index contributed by atoms with van der Waals surface area (Å²) >= 11 is 1.57. The molecule has 4 heteroatoms. The maximum atomic E-state index is 11.3. The molecule has 18 heavy (non-hydrogen) atoms. The first kappa shape index (κ1) is 10.9. The maximum Gasteiger partial charge on any atom is 0.336 e. The fraction of sp³-hybridized carbons (Fsp3) is 0. The Morgan fingerprint density at radius 2 is 1.94 bits per heavy atom. The summed E-state index contributed by atoms with van der Waals surface area (Å²) in [6, 6.07) is 10.8. The molecular formula is C14H9NO2S. The quantitative estimate of drug-likeness (QED) is 0.760. The monoisotopic (exact) mass is 255 g/mol. The fourth-order valence-corrected chi connectivity index (χ4v) is 2.87. The number of fused-ring (bicyclic) bond motifs is 1. The number of carboxylic acids is 1. The predicted molar refractivity (Wildman–Crippen MR) is 72.0 cm³/mol. The van der Waals surface area contributed by atoms with Crippen LogP contribution in [0.2, 0.25) is 0 Å². The van der Waals surface area contributed by atoms with Crippen LogP contribution in [0.15, 0.2) is 48.0 Å². The molecule has 0 unspecified atom stereocenters. The summed E-state index contributed by atoms with van der Waals surface area (Å²) in [7, 11) is 0. The summed E-state index contributed by atoms with van der Waals surface area (Å²) in [5, 5.41) is 11.2. The largest absolute Gasteiger partial charge is 0.478 e. The summed E-state index contributed by atoms with van der Waals surface area (Å²) in [4.78, 5) is 15.5. The maximum absolute atomic E-state index is 11.3. The van der Waals surface area contributed by atoms with E-state index in [1.807, 2.05) is 29.6 Å². The lowest BCUT2D eigenvalue weighted by Crippen LogP contribution is -1.99.